The first-order valence-electron chi connectivity index (χ1n) is 5.79. The molecule has 1 unspecified atom stereocenters. The minimum Gasteiger partial charge on any atom is -0.468 e. The van der Waals surface area contributed by atoms with Crippen LogP contribution in [0.25, 0.3) is 0 Å². The Morgan fingerprint density at radius 1 is 1.18 bits per heavy atom. The number of nitrogens with two attached hydrogens (primary N) is 1. The van der Waals surface area contributed by atoms with Crippen molar-refractivity contribution in [3.05, 3.63) is 60.1 Å². The number of likely N-dealkylation sites (N-methyl/N-ethyl adjacent to an activating group) is 1. The molecule has 0 aliphatic rings. The van der Waals surface area contributed by atoms with Gasteiger partial charge in [0.2, 0.25) is 0 Å². The summed E-state index contributed by atoms with van der Waals surface area (Å²) >= 11 is 0. The summed E-state index contributed by atoms with van der Waals surface area (Å²) in [4.78, 5) is 2.20. The van der Waals surface area contributed by atoms with Crippen LogP contribution in [0.1, 0.15) is 17.4 Å². The molecule has 0 saturated carbocycles. The number of benzene rings is 1. The topological polar surface area (TPSA) is 42.4 Å². The number of nitrogens with zero attached hydrogens (tertiary/aromatic N) is 1. The molecule has 2 rings (SSSR count). The summed E-state index contributed by atoms with van der Waals surface area (Å²) in [7, 11) is 2.06. The Balaban J connectivity index is 2.08. The fraction of sp³-hybridized carbons (Fsp3) is 0.286. The molecule has 0 bridgehead atoms. The van der Waals surface area contributed by atoms with Gasteiger partial charge in [0.1, 0.15) is 5.76 Å². The molecule has 0 aliphatic carbocycles. The Morgan fingerprint density at radius 2 is 1.94 bits per heavy atom. The minimum absolute atomic E-state index is 0.223. The Labute approximate surface area is 102 Å². The largest absolute Gasteiger partial charge is 0.468 e. The van der Waals surface area contributed by atoms with E-state index in [4.69, 9.17) is 10.2 Å². The van der Waals surface area contributed by atoms with Crippen LogP contribution in [0.2, 0.25) is 0 Å². The first-order valence-corrected chi connectivity index (χ1v) is 5.79. The summed E-state index contributed by atoms with van der Waals surface area (Å²) in [6, 6.07) is 14.4. The molecule has 17 heavy (non-hydrogen) atoms. The molecule has 2 aromatic rings. The van der Waals surface area contributed by atoms with E-state index in [-0.39, 0.29) is 6.04 Å². The van der Waals surface area contributed by atoms with Gasteiger partial charge in [0.25, 0.3) is 0 Å². The molecule has 0 spiro atoms. The summed E-state index contributed by atoms with van der Waals surface area (Å²) in [5, 5.41) is 0. The van der Waals surface area contributed by atoms with Crippen molar-refractivity contribution in [2.75, 3.05) is 13.6 Å². The third-order valence-corrected chi connectivity index (χ3v) is 2.93. The molecule has 1 heterocycles. The fourth-order valence-electron chi connectivity index (χ4n) is 2.00. The SMILES string of the molecule is CN(Cc1ccco1)C(CN)c1ccccc1. The number of hydrogen-bond donors (Lipinski definition) is 1. The highest BCUT2D eigenvalue weighted by Crippen LogP contribution is 2.19. The summed E-state index contributed by atoms with van der Waals surface area (Å²) in [6.45, 7) is 1.37. The van der Waals surface area contributed by atoms with Crippen molar-refractivity contribution in [1.82, 2.24) is 4.90 Å². The smallest absolute Gasteiger partial charge is 0.117 e. The molecule has 1 atom stereocenters. The maximum atomic E-state index is 5.86. The molecule has 3 heteroatoms. The second-order valence-corrected chi connectivity index (χ2v) is 4.16. The average Bonchev–Trinajstić information content (AvgIpc) is 2.84. The Hall–Kier alpha value is -1.58. The predicted octanol–water partition coefficient (Wildman–Crippen LogP) is 2.41. The standard InChI is InChI=1S/C14H18N2O/c1-16(11-13-8-5-9-17-13)14(10-15)12-6-3-2-4-7-12/h2-9,14H,10-11,15H2,1H3. The monoisotopic (exact) mass is 230 g/mol. The van der Waals surface area contributed by atoms with Crippen LogP contribution in [-0.4, -0.2) is 18.5 Å². The molecular formula is C14H18N2O. The highest BCUT2D eigenvalue weighted by Gasteiger charge is 2.15. The molecule has 0 amide bonds. The van der Waals surface area contributed by atoms with E-state index in [1.54, 1.807) is 6.26 Å². The van der Waals surface area contributed by atoms with Crippen LogP contribution in [0.5, 0.6) is 0 Å². The van der Waals surface area contributed by atoms with E-state index in [0.717, 1.165) is 12.3 Å². The maximum Gasteiger partial charge on any atom is 0.117 e. The zero-order chi connectivity index (χ0) is 12.1. The Bertz CT molecular complexity index is 425. The van der Waals surface area contributed by atoms with E-state index >= 15 is 0 Å². The summed E-state index contributed by atoms with van der Waals surface area (Å²) in [5.41, 5.74) is 7.10. The van der Waals surface area contributed by atoms with Gasteiger partial charge < -0.3 is 10.2 Å². The zero-order valence-corrected chi connectivity index (χ0v) is 10.0. The molecule has 1 aromatic carbocycles. The van der Waals surface area contributed by atoms with Crippen LogP contribution < -0.4 is 5.73 Å². The third-order valence-electron chi connectivity index (χ3n) is 2.93. The van der Waals surface area contributed by atoms with Gasteiger partial charge in [-0.2, -0.15) is 0 Å². The van der Waals surface area contributed by atoms with E-state index in [1.807, 2.05) is 30.3 Å². The Kier molecular flexibility index (Phi) is 3.96. The van der Waals surface area contributed by atoms with Crippen molar-refractivity contribution in [2.45, 2.75) is 12.6 Å². The fourth-order valence-corrected chi connectivity index (χ4v) is 2.00. The Morgan fingerprint density at radius 3 is 2.53 bits per heavy atom. The molecular weight excluding hydrogens is 212 g/mol. The van der Waals surface area contributed by atoms with Crippen molar-refractivity contribution in [1.29, 1.82) is 0 Å². The van der Waals surface area contributed by atoms with Crippen LogP contribution in [0.3, 0.4) is 0 Å². The summed E-state index contributed by atoms with van der Waals surface area (Å²) in [6.07, 6.45) is 1.70. The van der Waals surface area contributed by atoms with Gasteiger partial charge in [0, 0.05) is 12.6 Å². The second-order valence-electron chi connectivity index (χ2n) is 4.16. The molecule has 0 aliphatic heterocycles. The van der Waals surface area contributed by atoms with Crippen LogP contribution in [0.4, 0.5) is 0 Å². The van der Waals surface area contributed by atoms with E-state index < -0.39 is 0 Å². The summed E-state index contributed by atoms with van der Waals surface area (Å²) < 4.78 is 5.35. The average molecular weight is 230 g/mol. The van der Waals surface area contributed by atoms with Gasteiger partial charge in [-0.3, -0.25) is 4.90 Å². The van der Waals surface area contributed by atoms with Crippen molar-refractivity contribution in [2.24, 2.45) is 5.73 Å². The third kappa shape index (κ3) is 2.96. The van der Waals surface area contributed by atoms with E-state index in [1.165, 1.54) is 5.56 Å². The molecule has 0 fully saturated rings. The van der Waals surface area contributed by atoms with Gasteiger partial charge in [-0.1, -0.05) is 30.3 Å². The first-order chi connectivity index (χ1) is 8.31. The molecule has 90 valence electrons. The molecule has 3 nitrogen and oxygen atoms in total. The van der Waals surface area contributed by atoms with Crippen LogP contribution in [0.15, 0.2) is 53.1 Å². The lowest BCUT2D eigenvalue weighted by Gasteiger charge is -2.26. The molecule has 0 radical (unpaired) electrons. The lowest BCUT2D eigenvalue weighted by atomic mass is 10.1. The molecule has 0 saturated heterocycles. The van der Waals surface area contributed by atoms with Gasteiger partial charge in [0.05, 0.1) is 12.8 Å². The summed E-state index contributed by atoms with van der Waals surface area (Å²) in [5.74, 6) is 0.960. The highest BCUT2D eigenvalue weighted by atomic mass is 16.3. The van der Waals surface area contributed by atoms with E-state index in [9.17, 15) is 0 Å². The number of rotatable bonds is 5. The van der Waals surface area contributed by atoms with Crippen molar-refractivity contribution >= 4 is 0 Å². The lowest BCUT2D eigenvalue weighted by molar-refractivity contribution is 0.223. The van der Waals surface area contributed by atoms with Gasteiger partial charge in [-0.25, -0.2) is 0 Å². The quantitative estimate of drug-likeness (QED) is 0.857. The van der Waals surface area contributed by atoms with Crippen molar-refractivity contribution in [3.63, 3.8) is 0 Å². The van der Waals surface area contributed by atoms with Gasteiger partial charge >= 0.3 is 0 Å². The van der Waals surface area contributed by atoms with Crippen molar-refractivity contribution in [3.8, 4) is 0 Å². The van der Waals surface area contributed by atoms with E-state index in [2.05, 4.69) is 24.1 Å². The lowest BCUT2D eigenvalue weighted by Crippen LogP contribution is -2.30. The zero-order valence-electron chi connectivity index (χ0n) is 10.0. The number of furan rings is 1. The van der Waals surface area contributed by atoms with E-state index in [0.29, 0.717) is 6.54 Å². The van der Waals surface area contributed by atoms with Gasteiger partial charge in [-0.05, 0) is 24.7 Å². The predicted molar refractivity (Wildman–Crippen MR) is 68.4 cm³/mol. The van der Waals surface area contributed by atoms with Crippen LogP contribution >= 0.6 is 0 Å². The second kappa shape index (κ2) is 5.66. The van der Waals surface area contributed by atoms with Gasteiger partial charge in [-0.15, -0.1) is 0 Å². The molecule has 1 aromatic heterocycles. The normalized spacial score (nSPS) is 12.9. The highest BCUT2D eigenvalue weighted by molar-refractivity contribution is 5.19. The van der Waals surface area contributed by atoms with Crippen LogP contribution in [0, 0.1) is 0 Å². The van der Waals surface area contributed by atoms with Crippen molar-refractivity contribution < 1.29 is 4.42 Å². The first kappa shape index (κ1) is 11.9. The molecule has 2 N–H and O–H groups in total. The maximum absolute atomic E-state index is 5.86. The van der Waals surface area contributed by atoms with Gasteiger partial charge in [0.15, 0.2) is 0 Å². The minimum atomic E-state index is 0.223. The number of hydrogen-bond acceptors (Lipinski definition) is 3. The van der Waals surface area contributed by atoms with Crippen LogP contribution in [-0.2, 0) is 6.54 Å².